The summed E-state index contributed by atoms with van der Waals surface area (Å²) in [4.78, 5) is 12.1. The van der Waals surface area contributed by atoms with Gasteiger partial charge in [0.1, 0.15) is 5.82 Å². The minimum atomic E-state index is -0.356. The number of hydrogen-bond acceptors (Lipinski definition) is 2. The Morgan fingerprint density at radius 3 is 2.60 bits per heavy atom. The van der Waals surface area contributed by atoms with Crippen LogP contribution in [0.3, 0.4) is 0 Å². The van der Waals surface area contributed by atoms with Crippen LogP contribution in [0.5, 0.6) is 0 Å². The average molecular weight is 339 g/mol. The van der Waals surface area contributed by atoms with Crippen LogP contribution in [0, 0.1) is 15.9 Å². The van der Waals surface area contributed by atoms with E-state index in [1.807, 2.05) is 24.3 Å². The van der Waals surface area contributed by atoms with Gasteiger partial charge in [-0.25, -0.2) is 4.39 Å². The zero-order valence-electron chi connectivity index (χ0n) is 13.8. The van der Waals surface area contributed by atoms with E-state index < -0.39 is 0 Å². The lowest BCUT2D eigenvalue weighted by molar-refractivity contribution is -0.888. The van der Waals surface area contributed by atoms with E-state index in [2.05, 4.69) is 6.08 Å². The molecule has 0 saturated carbocycles. The zero-order chi connectivity index (χ0) is 17.6. The SMILES string of the molecule is O=[N+]([O-])c1ccccc1/C=C/C[NH+]1CC=C(c2ccc(F)cc2)CC1. The molecule has 128 valence electrons. The number of nitrogens with one attached hydrogen (secondary N) is 1. The molecule has 1 unspecified atom stereocenters. The summed E-state index contributed by atoms with van der Waals surface area (Å²) in [7, 11) is 0. The summed E-state index contributed by atoms with van der Waals surface area (Å²) in [6.07, 6.45) is 6.96. The van der Waals surface area contributed by atoms with Crippen molar-refractivity contribution in [3.05, 3.63) is 87.7 Å². The maximum Gasteiger partial charge on any atom is 0.276 e. The summed E-state index contributed by atoms with van der Waals surface area (Å²) >= 11 is 0. The van der Waals surface area contributed by atoms with E-state index >= 15 is 0 Å². The maximum atomic E-state index is 13.0. The lowest BCUT2D eigenvalue weighted by atomic mass is 9.99. The molecule has 0 bridgehead atoms. The van der Waals surface area contributed by atoms with Crippen LogP contribution in [0.1, 0.15) is 17.5 Å². The molecule has 0 saturated heterocycles. The minimum Gasteiger partial charge on any atom is -0.328 e. The van der Waals surface area contributed by atoms with Gasteiger partial charge in [-0.3, -0.25) is 10.1 Å². The summed E-state index contributed by atoms with van der Waals surface area (Å²) in [5.41, 5.74) is 3.10. The third-order valence-electron chi connectivity index (χ3n) is 4.44. The highest BCUT2D eigenvalue weighted by Gasteiger charge is 2.15. The van der Waals surface area contributed by atoms with Gasteiger partial charge in [-0.05, 0) is 47.6 Å². The smallest absolute Gasteiger partial charge is 0.276 e. The van der Waals surface area contributed by atoms with Crippen molar-refractivity contribution in [1.82, 2.24) is 0 Å². The number of hydrogen-bond donors (Lipinski definition) is 1. The second-order valence-electron chi connectivity index (χ2n) is 6.11. The van der Waals surface area contributed by atoms with Gasteiger partial charge < -0.3 is 4.90 Å². The summed E-state index contributed by atoms with van der Waals surface area (Å²) in [5.74, 6) is -0.215. The van der Waals surface area contributed by atoms with Crippen molar-refractivity contribution in [3.8, 4) is 0 Å². The van der Waals surface area contributed by atoms with Crippen molar-refractivity contribution in [3.63, 3.8) is 0 Å². The summed E-state index contributed by atoms with van der Waals surface area (Å²) in [6, 6.07) is 13.4. The molecule has 1 N–H and O–H groups in total. The normalized spacial score (nSPS) is 17.5. The van der Waals surface area contributed by atoms with Crippen molar-refractivity contribution in [1.29, 1.82) is 0 Å². The van der Waals surface area contributed by atoms with E-state index in [-0.39, 0.29) is 16.4 Å². The van der Waals surface area contributed by atoms with Crippen LogP contribution in [0.4, 0.5) is 10.1 Å². The van der Waals surface area contributed by atoms with Crippen molar-refractivity contribution in [2.24, 2.45) is 0 Å². The van der Waals surface area contributed by atoms with Gasteiger partial charge in [-0.15, -0.1) is 0 Å². The Morgan fingerprint density at radius 1 is 1.16 bits per heavy atom. The molecular formula is C20H20FN2O2+. The standard InChI is InChI=1S/C20H19FN2O2/c21-19-9-7-16(8-10-19)17-11-14-22(15-12-17)13-3-5-18-4-1-2-6-20(18)23(24)25/h1-11H,12-15H2/p+1/b5-3+. The second kappa shape index (κ2) is 7.85. The van der Waals surface area contributed by atoms with Crippen LogP contribution >= 0.6 is 0 Å². The summed E-state index contributed by atoms with van der Waals surface area (Å²) in [6.45, 7) is 2.71. The van der Waals surface area contributed by atoms with Gasteiger partial charge in [0.05, 0.1) is 30.1 Å². The number of halogens is 1. The highest BCUT2D eigenvalue weighted by atomic mass is 19.1. The van der Waals surface area contributed by atoms with Gasteiger partial charge in [0.15, 0.2) is 0 Å². The number of nitro groups is 1. The molecule has 1 heterocycles. The van der Waals surface area contributed by atoms with Crippen molar-refractivity contribution in [2.45, 2.75) is 6.42 Å². The van der Waals surface area contributed by atoms with Crippen LogP contribution in [0.2, 0.25) is 0 Å². The molecule has 1 atom stereocenters. The monoisotopic (exact) mass is 339 g/mol. The zero-order valence-corrected chi connectivity index (χ0v) is 13.8. The number of rotatable bonds is 5. The van der Waals surface area contributed by atoms with E-state index in [9.17, 15) is 14.5 Å². The number of para-hydroxylation sites is 1. The third-order valence-corrected chi connectivity index (χ3v) is 4.44. The Kier molecular flexibility index (Phi) is 5.36. The highest BCUT2D eigenvalue weighted by molar-refractivity contribution is 5.66. The molecule has 1 aliphatic heterocycles. The van der Waals surface area contributed by atoms with Crippen LogP contribution in [-0.4, -0.2) is 24.6 Å². The van der Waals surface area contributed by atoms with Gasteiger partial charge >= 0.3 is 0 Å². The van der Waals surface area contributed by atoms with E-state index in [4.69, 9.17) is 0 Å². The fraction of sp³-hybridized carbons (Fsp3) is 0.200. The molecule has 4 nitrogen and oxygen atoms in total. The quantitative estimate of drug-likeness (QED) is 0.672. The van der Waals surface area contributed by atoms with Crippen LogP contribution in [0.25, 0.3) is 11.6 Å². The molecule has 0 aliphatic carbocycles. The predicted molar refractivity (Wildman–Crippen MR) is 96.7 cm³/mol. The van der Waals surface area contributed by atoms with Gasteiger partial charge in [-0.1, -0.05) is 24.3 Å². The number of nitrogens with zero attached hydrogens (tertiary/aromatic N) is 1. The summed E-state index contributed by atoms with van der Waals surface area (Å²) < 4.78 is 13.0. The minimum absolute atomic E-state index is 0.130. The molecule has 1 aliphatic rings. The molecule has 2 aromatic rings. The van der Waals surface area contributed by atoms with Crippen LogP contribution in [0.15, 0.2) is 60.7 Å². The molecular weight excluding hydrogens is 319 g/mol. The van der Waals surface area contributed by atoms with Gasteiger partial charge in [0.25, 0.3) is 5.69 Å². The van der Waals surface area contributed by atoms with Crippen LogP contribution < -0.4 is 4.90 Å². The molecule has 25 heavy (non-hydrogen) atoms. The first-order chi connectivity index (χ1) is 12.1. The Labute approximate surface area is 146 Å². The first kappa shape index (κ1) is 17.0. The van der Waals surface area contributed by atoms with Gasteiger partial charge in [-0.2, -0.15) is 0 Å². The first-order valence-electron chi connectivity index (χ1n) is 8.32. The first-order valence-corrected chi connectivity index (χ1v) is 8.32. The van der Waals surface area contributed by atoms with Crippen LogP contribution in [-0.2, 0) is 0 Å². The molecule has 3 rings (SSSR count). The molecule has 2 aromatic carbocycles. The van der Waals surface area contributed by atoms with Crippen molar-refractivity contribution < 1.29 is 14.2 Å². The molecule has 0 amide bonds. The number of benzene rings is 2. The van der Waals surface area contributed by atoms with E-state index in [1.165, 1.54) is 28.7 Å². The van der Waals surface area contributed by atoms with E-state index in [0.29, 0.717) is 5.56 Å². The molecule has 0 aromatic heterocycles. The fourth-order valence-corrected chi connectivity index (χ4v) is 3.04. The Morgan fingerprint density at radius 2 is 1.92 bits per heavy atom. The topological polar surface area (TPSA) is 47.6 Å². The lowest BCUT2D eigenvalue weighted by Crippen LogP contribution is -3.12. The number of quaternary nitrogens is 1. The van der Waals surface area contributed by atoms with Crippen molar-refractivity contribution >= 4 is 17.3 Å². The van der Waals surface area contributed by atoms with E-state index in [0.717, 1.165) is 31.6 Å². The molecule has 0 spiro atoms. The van der Waals surface area contributed by atoms with Gasteiger partial charge in [0, 0.05) is 12.5 Å². The average Bonchev–Trinajstić information content (AvgIpc) is 2.63. The Hall–Kier alpha value is -2.79. The number of nitro benzene ring substituents is 1. The second-order valence-corrected chi connectivity index (χ2v) is 6.11. The summed E-state index contributed by atoms with van der Waals surface area (Å²) in [5, 5.41) is 11.0. The highest BCUT2D eigenvalue weighted by Crippen LogP contribution is 2.19. The Balaban J connectivity index is 1.59. The largest absolute Gasteiger partial charge is 0.328 e. The van der Waals surface area contributed by atoms with E-state index in [1.54, 1.807) is 18.2 Å². The van der Waals surface area contributed by atoms with Gasteiger partial charge in [0.2, 0.25) is 0 Å². The lowest BCUT2D eigenvalue weighted by Gasteiger charge is -2.22. The fourth-order valence-electron chi connectivity index (χ4n) is 3.04. The third kappa shape index (κ3) is 4.39. The Bertz CT molecular complexity index is 813. The molecule has 5 heteroatoms. The van der Waals surface area contributed by atoms with Crippen molar-refractivity contribution in [2.75, 3.05) is 19.6 Å². The maximum absolute atomic E-state index is 13.0. The molecule has 0 fully saturated rings. The predicted octanol–water partition coefficient (Wildman–Crippen LogP) is 3.12. The molecule has 0 radical (unpaired) electrons.